The Kier molecular flexibility index (Phi) is 5.67. The van der Waals surface area contributed by atoms with Crippen LogP contribution in [0.15, 0.2) is 39.3 Å². The van der Waals surface area contributed by atoms with Gasteiger partial charge >= 0.3 is 0 Å². The first kappa shape index (κ1) is 20.3. The molecule has 0 unspecified atom stereocenters. The van der Waals surface area contributed by atoms with Gasteiger partial charge in [0.1, 0.15) is 11.5 Å². The second-order valence-corrected chi connectivity index (χ2v) is 7.53. The van der Waals surface area contributed by atoms with Gasteiger partial charge in [0.05, 0.1) is 5.69 Å². The standard InChI is InChI=1S/C22H23F2N3O3/c1-14-18(15(2)30-25-14)12-17-6-7-20(29-17)22(28)27-10-8-26(9-11-27)13-16-4-3-5-19(23)21(16)24/h3-7H,8-13H2,1-2H3. The molecule has 1 saturated heterocycles. The lowest BCUT2D eigenvalue weighted by atomic mass is 10.1. The van der Waals surface area contributed by atoms with Crippen LogP contribution in [0.1, 0.15) is 38.9 Å². The predicted molar refractivity (Wildman–Crippen MR) is 105 cm³/mol. The van der Waals surface area contributed by atoms with Gasteiger partial charge in [-0.15, -0.1) is 0 Å². The molecule has 6 nitrogen and oxygen atoms in total. The molecule has 4 rings (SSSR count). The molecule has 1 amide bonds. The lowest BCUT2D eigenvalue weighted by Crippen LogP contribution is -2.48. The first-order valence-electron chi connectivity index (χ1n) is 9.87. The number of hydrogen-bond donors (Lipinski definition) is 0. The van der Waals surface area contributed by atoms with Crippen molar-refractivity contribution in [3.63, 3.8) is 0 Å². The van der Waals surface area contributed by atoms with Crippen LogP contribution in [0.3, 0.4) is 0 Å². The van der Waals surface area contributed by atoms with Crippen LogP contribution < -0.4 is 0 Å². The molecule has 0 N–H and O–H groups in total. The van der Waals surface area contributed by atoms with Gasteiger partial charge in [0.15, 0.2) is 17.4 Å². The molecular weight excluding hydrogens is 392 g/mol. The fourth-order valence-electron chi connectivity index (χ4n) is 3.69. The van der Waals surface area contributed by atoms with Gasteiger partial charge in [-0.25, -0.2) is 8.78 Å². The van der Waals surface area contributed by atoms with Crippen molar-refractivity contribution in [3.8, 4) is 0 Å². The van der Waals surface area contributed by atoms with Crippen LogP contribution in [-0.2, 0) is 13.0 Å². The van der Waals surface area contributed by atoms with Crippen LogP contribution in [0, 0.1) is 25.5 Å². The average molecular weight is 415 g/mol. The molecule has 1 fully saturated rings. The Hall–Kier alpha value is -3.00. The Balaban J connectivity index is 1.34. The highest BCUT2D eigenvalue weighted by atomic mass is 19.2. The molecule has 3 heterocycles. The smallest absolute Gasteiger partial charge is 0.289 e. The Labute approximate surface area is 173 Å². The number of nitrogens with zero attached hydrogens (tertiary/aromatic N) is 3. The van der Waals surface area contributed by atoms with Crippen molar-refractivity contribution in [3.05, 3.63) is 76.1 Å². The third-order valence-electron chi connectivity index (χ3n) is 5.49. The summed E-state index contributed by atoms with van der Waals surface area (Å²) in [5.74, 6) is -0.113. The van der Waals surface area contributed by atoms with Crippen LogP contribution in [-0.4, -0.2) is 47.0 Å². The van der Waals surface area contributed by atoms with Crippen LogP contribution in [0.4, 0.5) is 8.78 Å². The molecule has 30 heavy (non-hydrogen) atoms. The number of rotatable bonds is 5. The maximum Gasteiger partial charge on any atom is 0.289 e. The number of aryl methyl sites for hydroxylation is 2. The second kappa shape index (κ2) is 8.39. The van der Waals surface area contributed by atoms with Gasteiger partial charge in [0.25, 0.3) is 5.91 Å². The first-order valence-corrected chi connectivity index (χ1v) is 9.87. The summed E-state index contributed by atoms with van der Waals surface area (Å²) in [7, 11) is 0. The number of amides is 1. The van der Waals surface area contributed by atoms with E-state index in [9.17, 15) is 13.6 Å². The molecule has 8 heteroatoms. The van der Waals surface area contributed by atoms with Crippen LogP contribution in [0.2, 0.25) is 0 Å². The largest absolute Gasteiger partial charge is 0.456 e. The summed E-state index contributed by atoms with van der Waals surface area (Å²) < 4.78 is 38.2. The summed E-state index contributed by atoms with van der Waals surface area (Å²) in [4.78, 5) is 16.5. The Morgan fingerprint density at radius 3 is 2.57 bits per heavy atom. The van der Waals surface area contributed by atoms with Gasteiger partial charge in [-0.3, -0.25) is 9.69 Å². The highest BCUT2D eigenvalue weighted by Crippen LogP contribution is 2.21. The van der Waals surface area contributed by atoms with Crippen molar-refractivity contribution in [2.75, 3.05) is 26.2 Å². The second-order valence-electron chi connectivity index (χ2n) is 7.53. The highest BCUT2D eigenvalue weighted by molar-refractivity contribution is 5.91. The van der Waals surface area contributed by atoms with Gasteiger partial charge in [0.2, 0.25) is 0 Å². The zero-order valence-corrected chi connectivity index (χ0v) is 17.0. The molecule has 0 bridgehead atoms. The molecule has 1 aliphatic heterocycles. The van der Waals surface area contributed by atoms with Gasteiger partial charge in [-0.2, -0.15) is 0 Å². The lowest BCUT2D eigenvalue weighted by Gasteiger charge is -2.34. The Morgan fingerprint density at radius 1 is 1.10 bits per heavy atom. The van der Waals surface area contributed by atoms with Crippen LogP contribution in [0.5, 0.6) is 0 Å². The van der Waals surface area contributed by atoms with Crippen molar-refractivity contribution in [2.24, 2.45) is 0 Å². The fourth-order valence-corrected chi connectivity index (χ4v) is 3.69. The molecule has 3 aromatic rings. The van der Waals surface area contributed by atoms with Crippen LogP contribution in [0.25, 0.3) is 0 Å². The normalized spacial score (nSPS) is 15.0. The fraction of sp³-hybridized carbons (Fsp3) is 0.364. The van der Waals surface area contributed by atoms with E-state index in [4.69, 9.17) is 8.94 Å². The molecule has 0 spiro atoms. The van der Waals surface area contributed by atoms with Gasteiger partial charge in [0, 0.05) is 50.3 Å². The minimum absolute atomic E-state index is 0.170. The van der Waals surface area contributed by atoms with Gasteiger partial charge < -0.3 is 13.8 Å². The number of carbonyl (C=O) groups is 1. The number of halogens is 2. The summed E-state index contributed by atoms with van der Waals surface area (Å²) in [5.41, 5.74) is 2.09. The zero-order valence-electron chi connectivity index (χ0n) is 17.0. The molecule has 0 atom stereocenters. The van der Waals surface area contributed by atoms with Crippen molar-refractivity contribution < 1.29 is 22.5 Å². The molecule has 158 valence electrons. The van der Waals surface area contributed by atoms with E-state index in [2.05, 4.69) is 5.16 Å². The number of hydrogen-bond acceptors (Lipinski definition) is 5. The number of piperazine rings is 1. The van der Waals surface area contributed by atoms with E-state index in [1.165, 1.54) is 6.07 Å². The van der Waals surface area contributed by atoms with E-state index in [-0.39, 0.29) is 5.91 Å². The van der Waals surface area contributed by atoms with E-state index in [1.54, 1.807) is 23.1 Å². The average Bonchev–Trinajstić information content (AvgIpc) is 3.34. The molecule has 0 aliphatic carbocycles. The molecule has 0 radical (unpaired) electrons. The van der Waals surface area contributed by atoms with E-state index in [0.717, 1.165) is 23.1 Å². The molecular formula is C22H23F2N3O3. The molecule has 1 aliphatic rings. The SMILES string of the molecule is Cc1noc(C)c1Cc1ccc(C(=O)N2CCN(Cc3cccc(F)c3F)CC2)o1. The third kappa shape index (κ3) is 4.14. The summed E-state index contributed by atoms with van der Waals surface area (Å²) >= 11 is 0. The Bertz CT molecular complexity index is 1030. The zero-order chi connectivity index (χ0) is 21.3. The minimum atomic E-state index is -0.841. The van der Waals surface area contributed by atoms with Crippen molar-refractivity contribution in [2.45, 2.75) is 26.8 Å². The van der Waals surface area contributed by atoms with Gasteiger partial charge in [-0.05, 0) is 32.0 Å². The Morgan fingerprint density at radius 2 is 1.87 bits per heavy atom. The molecule has 0 saturated carbocycles. The summed E-state index contributed by atoms with van der Waals surface area (Å²) in [6.07, 6.45) is 0.515. The van der Waals surface area contributed by atoms with E-state index < -0.39 is 11.6 Å². The van der Waals surface area contributed by atoms with Crippen molar-refractivity contribution >= 4 is 5.91 Å². The summed E-state index contributed by atoms with van der Waals surface area (Å²) in [6, 6.07) is 7.68. The predicted octanol–water partition coefficient (Wildman–Crippen LogP) is 3.71. The first-order chi connectivity index (χ1) is 14.4. The van der Waals surface area contributed by atoms with E-state index in [1.807, 2.05) is 18.7 Å². The van der Waals surface area contributed by atoms with Crippen molar-refractivity contribution in [1.82, 2.24) is 15.0 Å². The third-order valence-corrected chi connectivity index (χ3v) is 5.49. The van der Waals surface area contributed by atoms with E-state index in [0.29, 0.717) is 56.2 Å². The number of carbonyl (C=O) groups excluding carboxylic acids is 1. The lowest BCUT2D eigenvalue weighted by molar-refractivity contribution is 0.0594. The molecule has 1 aromatic carbocycles. The molecule has 2 aromatic heterocycles. The monoisotopic (exact) mass is 415 g/mol. The highest BCUT2D eigenvalue weighted by Gasteiger charge is 2.25. The minimum Gasteiger partial charge on any atom is -0.456 e. The summed E-state index contributed by atoms with van der Waals surface area (Å²) in [5, 5.41) is 3.93. The maximum atomic E-state index is 13.9. The van der Waals surface area contributed by atoms with Gasteiger partial charge in [-0.1, -0.05) is 17.3 Å². The quantitative estimate of drug-likeness (QED) is 0.636. The number of aromatic nitrogens is 1. The maximum absolute atomic E-state index is 13.9. The van der Waals surface area contributed by atoms with Crippen LogP contribution >= 0.6 is 0 Å². The summed E-state index contributed by atoms with van der Waals surface area (Å²) in [6.45, 7) is 6.18. The topological polar surface area (TPSA) is 62.7 Å². The van der Waals surface area contributed by atoms with Crippen molar-refractivity contribution in [1.29, 1.82) is 0 Å². The number of benzene rings is 1. The van der Waals surface area contributed by atoms with E-state index >= 15 is 0 Å². The number of furan rings is 1.